The van der Waals surface area contributed by atoms with Crippen LogP contribution in [0.3, 0.4) is 0 Å². The molecule has 0 aliphatic heterocycles. The van der Waals surface area contributed by atoms with Gasteiger partial charge in [-0.25, -0.2) is 0 Å². The Bertz CT molecular complexity index is 1600. The Labute approximate surface area is 364 Å². The third-order valence-electron chi connectivity index (χ3n) is 11.0. The maximum Gasteiger partial charge on any atom is 0.317 e. The van der Waals surface area contributed by atoms with Gasteiger partial charge in [-0.1, -0.05) is 100 Å². The van der Waals surface area contributed by atoms with Crippen LogP contribution in [-0.4, -0.2) is 104 Å². The number of nitrogens with zero attached hydrogens (tertiary/aromatic N) is 6. The summed E-state index contributed by atoms with van der Waals surface area (Å²) in [5.74, 6) is 1.61. The Balaban J connectivity index is 0.000000325. The maximum atomic E-state index is 12.5. The van der Waals surface area contributed by atoms with Crippen LogP contribution in [0.1, 0.15) is 192 Å². The number of esters is 2. The summed E-state index contributed by atoms with van der Waals surface area (Å²) >= 11 is 0. The first-order valence-corrected chi connectivity index (χ1v) is 22.7. The lowest BCUT2D eigenvalue weighted by Gasteiger charge is -2.23. The second kappa shape index (κ2) is 25.9. The van der Waals surface area contributed by atoms with Gasteiger partial charge in [0.25, 0.3) is 0 Å². The van der Waals surface area contributed by atoms with Gasteiger partial charge in [-0.05, 0) is 80.3 Å². The number of ether oxygens (including phenoxy) is 2. The zero-order chi connectivity index (χ0) is 45.0. The first kappa shape index (κ1) is 51.4. The number of carbonyl (C=O) groups is 4. The van der Waals surface area contributed by atoms with Crippen LogP contribution in [0.5, 0.6) is 0 Å². The van der Waals surface area contributed by atoms with E-state index in [1.165, 1.54) is 70.6 Å². The van der Waals surface area contributed by atoms with Crippen molar-refractivity contribution in [3.8, 4) is 0 Å². The highest BCUT2D eigenvalue weighted by Crippen LogP contribution is 2.33. The van der Waals surface area contributed by atoms with E-state index in [9.17, 15) is 19.2 Å². The molecule has 2 fully saturated rings. The third kappa shape index (κ3) is 22.1. The summed E-state index contributed by atoms with van der Waals surface area (Å²) in [5.41, 5.74) is -1.06. The van der Waals surface area contributed by atoms with Gasteiger partial charge in [0.1, 0.15) is 11.2 Å². The number of rotatable bonds is 22. The van der Waals surface area contributed by atoms with Crippen molar-refractivity contribution in [1.82, 2.24) is 35.4 Å². The van der Waals surface area contributed by atoms with Crippen LogP contribution in [0.4, 0.5) is 0 Å². The minimum absolute atomic E-state index is 0.0725. The highest BCUT2D eigenvalue weighted by molar-refractivity contribution is 5.77. The van der Waals surface area contributed by atoms with E-state index in [1.54, 1.807) is 19.0 Å². The van der Waals surface area contributed by atoms with Gasteiger partial charge >= 0.3 is 17.9 Å². The van der Waals surface area contributed by atoms with E-state index in [4.69, 9.17) is 23.6 Å². The summed E-state index contributed by atoms with van der Waals surface area (Å²) in [5, 5.41) is 19.6. The molecule has 0 radical (unpaired) electrons. The van der Waals surface area contributed by atoms with Crippen molar-refractivity contribution in [2.75, 3.05) is 34.2 Å². The Morgan fingerprint density at radius 3 is 1.44 bits per heavy atom. The number of aliphatic carboxylic acids is 1. The Morgan fingerprint density at radius 1 is 0.689 bits per heavy atom. The lowest BCUT2D eigenvalue weighted by Crippen LogP contribution is -2.32. The van der Waals surface area contributed by atoms with Crippen LogP contribution in [0.25, 0.3) is 0 Å². The van der Waals surface area contributed by atoms with Gasteiger partial charge in [0, 0.05) is 18.9 Å². The van der Waals surface area contributed by atoms with Gasteiger partial charge < -0.3 is 28.9 Å². The average molecular weight is 860 g/mol. The molecule has 16 heteroatoms. The van der Waals surface area contributed by atoms with Crippen molar-refractivity contribution in [2.24, 2.45) is 11.8 Å². The first-order chi connectivity index (χ1) is 28.8. The van der Waals surface area contributed by atoms with Gasteiger partial charge in [-0.3, -0.25) is 29.0 Å². The minimum atomic E-state index is -0.910. The summed E-state index contributed by atoms with van der Waals surface area (Å²) in [7, 11) is 5.12. The molecule has 0 bridgehead atoms. The van der Waals surface area contributed by atoms with Crippen molar-refractivity contribution >= 4 is 23.8 Å². The molecule has 2 heterocycles. The number of carbonyl (C=O) groups excluding carboxylic acids is 3. The van der Waals surface area contributed by atoms with E-state index in [1.807, 2.05) is 53.5 Å². The average Bonchev–Trinajstić information content (AvgIpc) is 3.83. The van der Waals surface area contributed by atoms with Gasteiger partial charge in [0.2, 0.25) is 17.7 Å². The number of hydrogen-bond acceptors (Lipinski definition) is 14. The molecule has 2 atom stereocenters. The van der Waals surface area contributed by atoms with Gasteiger partial charge in [-0.2, -0.15) is 9.97 Å². The second-order valence-corrected chi connectivity index (χ2v) is 19.4. The van der Waals surface area contributed by atoms with Crippen LogP contribution in [0, 0.1) is 11.8 Å². The molecular formula is C45H77N7O9. The summed E-state index contributed by atoms with van der Waals surface area (Å²) in [6.07, 6.45) is 19.7. The number of hydrogen-bond donors (Lipinski definition) is 2. The largest absolute Gasteiger partial charge is 0.480 e. The van der Waals surface area contributed by atoms with E-state index >= 15 is 0 Å². The van der Waals surface area contributed by atoms with Crippen molar-refractivity contribution in [2.45, 2.75) is 193 Å². The summed E-state index contributed by atoms with van der Waals surface area (Å²) in [4.78, 5) is 59.7. The second-order valence-electron chi connectivity index (χ2n) is 19.4. The number of aromatic nitrogens is 4. The zero-order valence-corrected chi connectivity index (χ0v) is 38.8. The zero-order valence-electron chi connectivity index (χ0n) is 38.8. The minimum Gasteiger partial charge on any atom is -0.480 e. The molecule has 16 nitrogen and oxygen atoms in total. The molecule has 0 spiro atoms. The molecule has 2 saturated carbocycles. The van der Waals surface area contributed by atoms with Crippen LogP contribution in [0.15, 0.2) is 9.05 Å². The third-order valence-corrected chi connectivity index (χ3v) is 11.0. The fourth-order valence-electron chi connectivity index (χ4n) is 8.20. The fraction of sp³-hybridized carbons (Fsp3) is 0.822. The van der Waals surface area contributed by atoms with Crippen molar-refractivity contribution in [1.29, 1.82) is 0 Å². The maximum absolute atomic E-state index is 12.5. The summed E-state index contributed by atoms with van der Waals surface area (Å²) in [6.45, 7) is 12.0. The molecule has 0 unspecified atom stereocenters. The van der Waals surface area contributed by atoms with Crippen molar-refractivity contribution < 1.29 is 42.8 Å². The summed E-state index contributed by atoms with van der Waals surface area (Å²) < 4.78 is 22.0. The Kier molecular flexibility index (Phi) is 21.8. The molecule has 2 aromatic heterocycles. The molecule has 61 heavy (non-hydrogen) atoms. The molecule has 2 aliphatic rings. The Hall–Kier alpha value is -3.92. The fourth-order valence-corrected chi connectivity index (χ4v) is 8.20. The van der Waals surface area contributed by atoms with Gasteiger partial charge in [-0.15, -0.1) is 0 Å². The molecule has 2 N–H and O–H groups in total. The molecule has 0 saturated heterocycles. The number of amides is 1. The molecule has 2 aromatic rings. The highest BCUT2D eigenvalue weighted by Gasteiger charge is 2.28. The monoisotopic (exact) mass is 860 g/mol. The normalized spacial score (nSPS) is 16.4. The number of carboxylic acid groups (broad SMARTS) is 1. The predicted octanol–water partition coefficient (Wildman–Crippen LogP) is 7.97. The van der Waals surface area contributed by atoms with Crippen molar-refractivity contribution in [3.63, 3.8) is 0 Å². The van der Waals surface area contributed by atoms with E-state index < -0.39 is 17.2 Å². The number of carboxylic acids is 1. The highest BCUT2D eigenvalue weighted by atomic mass is 16.6. The van der Waals surface area contributed by atoms with Crippen LogP contribution >= 0.6 is 0 Å². The molecule has 0 aromatic carbocycles. The van der Waals surface area contributed by atoms with Crippen molar-refractivity contribution in [3.05, 3.63) is 23.4 Å². The molecule has 1 amide bonds. The smallest absolute Gasteiger partial charge is 0.317 e. The predicted molar refractivity (Wildman–Crippen MR) is 230 cm³/mol. The van der Waals surface area contributed by atoms with E-state index in [0.717, 1.165) is 43.9 Å². The standard InChI is InChI=1S/C23H40N4O4.C22H37N3O5/c1-23(2,3)30-21(29)14-18(13-9-12-17-10-7-6-8-11-17)22-25-19(26-31-22)15-27(5)16-20(28)24-4;1-22(2,3)29-20(28)13-17(12-8-11-16-9-6-5-7-10-16)21-23-18(24-30-21)14-25(4)15-19(26)27/h17-18H,6-16H2,1-5H3,(H,24,28);16-17H,5-15H2,1-4H3,(H,26,27)/t18-;17-/m11/s1. The van der Waals surface area contributed by atoms with Gasteiger partial charge in [0.15, 0.2) is 11.6 Å². The van der Waals surface area contributed by atoms with E-state index in [2.05, 4.69) is 25.6 Å². The van der Waals surface area contributed by atoms with Crippen LogP contribution in [-0.2, 0) is 41.7 Å². The molecule has 2 aliphatic carbocycles. The lowest BCUT2D eigenvalue weighted by atomic mass is 9.84. The molecular weight excluding hydrogens is 783 g/mol. The number of likely N-dealkylation sites (N-methyl/N-ethyl adjacent to an activating group) is 3. The lowest BCUT2D eigenvalue weighted by molar-refractivity contribution is -0.156. The van der Waals surface area contributed by atoms with Crippen LogP contribution < -0.4 is 5.32 Å². The summed E-state index contributed by atoms with van der Waals surface area (Å²) in [6, 6.07) is 0. The Morgan fingerprint density at radius 2 is 1.08 bits per heavy atom. The first-order valence-electron chi connectivity index (χ1n) is 22.7. The van der Waals surface area contributed by atoms with Gasteiger partial charge in [0.05, 0.1) is 39.0 Å². The number of nitrogens with one attached hydrogen (secondary N) is 1. The molecule has 4 rings (SSSR count). The topological polar surface area (TPSA) is 203 Å². The van der Waals surface area contributed by atoms with Crippen LogP contribution in [0.2, 0.25) is 0 Å². The SMILES string of the molecule is CN(CC(=O)O)Cc1noc([C@H](CCCC2CCCCC2)CC(=O)OC(C)(C)C)n1.CNC(=O)CN(C)Cc1noc([C@H](CCCC2CCCCC2)CC(=O)OC(C)(C)C)n1. The molecule has 346 valence electrons. The van der Waals surface area contributed by atoms with E-state index in [0.29, 0.717) is 30.0 Å². The van der Waals surface area contributed by atoms with E-state index in [-0.39, 0.29) is 62.2 Å². The quantitative estimate of drug-likeness (QED) is 0.108.